The van der Waals surface area contributed by atoms with Crippen molar-refractivity contribution in [1.29, 1.82) is 0 Å². The van der Waals surface area contributed by atoms with E-state index in [1.54, 1.807) is 0 Å². The highest BCUT2D eigenvalue weighted by molar-refractivity contribution is 7.85. The van der Waals surface area contributed by atoms with E-state index >= 15 is 4.57 Å². The minimum Gasteiger partial charge on any atom is -0.309 e. The molecule has 43 heavy (non-hydrogen) atoms. The number of fused-ring (bicyclic) bond motifs is 3. The molecule has 1 aliphatic heterocycles. The third kappa shape index (κ3) is 3.80. The number of nitrogens with zero attached hydrogens (tertiary/aromatic N) is 1. The second kappa shape index (κ2) is 10.1. The Balaban J connectivity index is 1.42. The predicted molar refractivity (Wildman–Crippen MR) is 178 cm³/mol. The molecular formula is C40H28NOP. The maximum absolute atomic E-state index is 16.0. The summed E-state index contributed by atoms with van der Waals surface area (Å²) in [7, 11) is -3.29. The highest BCUT2D eigenvalue weighted by Gasteiger charge is 2.50. The Morgan fingerprint density at radius 1 is 0.488 bits per heavy atom. The Labute approximate surface area is 251 Å². The predicted octanol–water partition coefficient (Wildman–Crippen LogP) is 8.24. The molecule has 7 aromatic rings. The lowest BCUT2D eigenvalue weighted by atomic mass is 9.65. The molecule has 6 aromatic carbocycles. The lowest BCUT2D eigenvalue weighted by molar-refractivity contribution is 0.590. The van der Waals surface area contributed by atoms with Gasteiger partial charge in [-0.15, -0.1) is 0 Å². The molecule has 3 heteroatoms. The number of aromatic nitrogens is 1. The zero-order valence-corrected chi connectivity index (χ0v) is 24.4. The van der Waals surface area contributed by atoms with Gasteiger partial charge in [-0.3, -0.25) is 4.98 Å². The zero-order chi connectivity index (χ0) is 28.9. The summed E-state index contributed by atoms with van der Waals surface area (Å²) in [6.07, 6.45) is 1.92. The molecule has 2 heterocycles. The van der Waals surface area contributed by atoms with Gasteiger partial charge in [0.05, 0.1) is 11.1 Å². The zero-order valence-electron chi connectivity index (χ0n) is 23.5. The molecule has 0 atom stereocenters. The molecule has 2 nitrogen and oxygen atoms in total. The van der Waals surface area contributed by atoms with Gasteiger partial charge in [0.2, 0.25) is 0 Å². The Kier molecular flexibility index (Phi) is 6.00. The molecule has 1 aromatic heterocycles. The van der Waals surface area contributed by atoms with Crippen LogP contribution in [0.3, 0.4) is 0 Å². The first-order chi connectivity index (χ1) is 21.2. The maximum atomic E-state index is 16.0. The van der Waals surface area contributed by atoms with E-state index < -0.39 is 12.6 Å². The van der Waals surface area contributed by atoms with Crippen molar-refractivity contribution in [3.8, 4) is 11.3 Å². The fourth-order valence-electron chi connectivity index (χ4n) is 6.95. The van der Waals surface area contributed by atoms with Crippen molar-refractivity contribution in [1.82, 2.24) is 4.98 Å². The van der Waals surface area contributed by atoms with Crippen LogP contribution in [0.25, 0.3) is 22.0 Å². The van der Waals surface area contributed by atoms with E-state index in [1.807, 2.05) is 42.6 Å². The van der Waals surface area contributed by atoms with E-state index in [2.05, 4.69) is 127 Å². The van der Waals surface area contributed by atoms with Crippen molar-refractivity contribution in [3.05, 3.63) is 192 Å². The topological polar surface area (TPSA) is 30.0 Å². The van der Waals surface area contributed by atoms with Crippen molar-refractivity contribution in [3.63, 3.8) is 0 Å². The Morgan fingerprint density at radius 3 is 1.65 bits per heavy atom. The van der Waals surface area contributed by atoms with Crippen LogP contribution in [0.15, 0.2) is 170 Å². The molecule has 1 aliphatic rings. The van der Waals surface area contributed by atoms with Crippen molar-refractivity contribution in [2.45, 2.75) is 5.41 Å². The molecule has 0 spiro atoms. The van der Waals surface area contributed by atoms with Gasteiger partial charge < -0.3 is 4.57 Å². The SMILES string of the molecule is O=P1(c2cccc(-c3cc4ccccc4cn3)c2)c2ccccc2C(c2ccccc2)(c2ccccc2)c2ccccc21. The van der Waals surface area contributed by atoms with Crippen LogP contribution in [0.1, 0.15) is 22.3 Å². The van der Waals surface area contributed by atoms with E-state index in [9.17, 15) is 0 Å². The van der Waals surface area contributed by atoms with E-state index in [-0.39, 0.29) is 0 Å². The molecule has 0 unspecified atom stereocenters. The fourth-order valence-corrected chi connectivity index (χ4v) is 10.1. The minimum atomic E-state index is -3.29. The van der Waals surface area contributed by atoms with Crippen molar-refractivity contribution < 1.29 is 4.57 Å². The van der Waals surface area contributed by atoms with Gasteiger partial charge in [0.1, 0.15) is 0 Å². The first kappa shape index (κ1) is 25.7. The average molecular weight is 570 g/mol. The largest absolute Gasteiger partial charge is 0.309 e. The van der Waals surface area contributed by atoms with Gasteiger partial charge in [0.15, 0.2) is 7.14 Å². The molecule has 0 aliphatic carbocycles. The van der Waals surface area contributed by atoms with E-state index in [0.29, 0.717) is 0 Å². The maximum Gasteiger partial charge on any atom is 0.171 e. The third-order valence-electron chi connectivity index (χ3n) is 8.84. The first-order valence-corrected chi connectivity index (χ1v) is 16.3. The van der Waals surface area contributed by atoms with E-state index in [0.717, 1.165) is 60.2 Å². The molecule has 0 fully saturated rings. The van der Waals surface area contributed by atoms with Crippen LogP contribution >= 0.6 is 7.14 Å². The number of hydrogen-bond acceptors (Lipinski definition) is 2. The van der Waals surface area contributed by atoms with Crippen molar-refractivity contribution in [2.24, 2.45) is 0 Å². The van der Waals surface area contributed by atoms with Crippen LogP contribution in [0, 0.1) is 0 Å². The summed E-state index contributed by atoms with van der Waals surface area (Å²) >= 11 is 0. The molecule has 0 N–H and O–H groups in total. The van der Waals surface area contributed by atoms with Gasteiger partial charge in [-0.25, -0.2) is 0 Å². The molecule has 0 amide bonds. The molecule has 0 saturated carbocycles. The molecule has 0 bridgehead atoms. The summed E-state index contributed by atoms with van der Waals surface area (Å²) in [5.74, 6) is 0. The molecule has 204 valence electrons. The average Bonchev–Trinajstić information content (AvgIpc) is 3.09. The summed E-state index contributed by atoms with van der Waals surface area (Å²) in [4.78, 5) is 4.79. The summed E-state index contributed by atoms with van der Waals surface area (Å²) in [5, 5.41) is 4.81. The van der Waals surface area contributed by atoms with Gasteiger partial charge >= 0.3 is 0 Å². The quantitative estimate of drug-likeness (QED) is 0.200. The van der Waals surface area contributed by atoms with Crippen LogP contribution < -0.4 is 15.9 Å². The molecular weight excluding hydrogens is 541 g/mol. The van der Waals surface area contributed by atoms with Crippen LogP contribution in [-0.4, -0.2) is 4.98 Å². The van der Waals surface area contributed by atoms with Gasteiger partial charge in [0.25, 0.3) is 0 Å². The smallest absolute Gasteiger partial charge is 0.171 e. The summed E-state index contributed by atoms with van der Waals surface area (Å²) in [6, 6.07) is 56.5. The summed E-state index contributed by atoms with van der Waals surface area (Å²) in [6.45, 7) is 0. The Morgan fingerprint density at radius 2 is 1.02 bits per heavy atom. The van der Waals surface area contributed by atoms with Crippen LogP contribution in [0.4, 0.5) is 0 Å². The normalized spacial score (nSPS) is 14.5. The van der Waals surface area contributed by atoms with Crippen molar-refractivity contribution in [2.75, 3.05) is 0 Å². The summed E-state index contributed by atoms with van der Waals surface area (Å²) < 4.78 is 16.0. The monoisotopic (exact) mass is 569 g/mol. The number of benzene rings is 6. The Hall–Kier alpha value is -5.04. The van der Waals surface area contributed by atoms with Gasteiger partial charge in [-0.1, -0.05) is 152 Å². The van der Waals surface area contributed by atoms with E-state index in [4.69, 9.17) is 4.98 Å². The van der Waals surface area contributed by atoms with Gasteiger partial charge in [-0.05, 0) is 39.8 Å². The minimum absolute atomic E-state index is 0.624. The van der Waals surface area contributed by atoms with Crippen LogP contribution in [-0.2, 0) is 9.98 Å². The molecule has 8 rings (SSSR count). The second-order valence-corrected chi connectivity index (χ2v) is 13.8. The van der Waals surface area contributed by atoms with E-state index in [1.165, 1.54) is 0 Å². The lowest BCUT2D eigenvalue weighted by Crippen LogP contribution is -2.46. The third-order valence-corrected chi connectivity index (χ3v) is 12.0. The van der Waals surface area contributed by atoms with Crippen molar-refractivity contribution >= 4 is 33.8 Å². The van der Waals surface area contributed by atoms with Gasteiger partial charge in [-0.2, -0.15) is 0 Å². The number of rotatable bonds is 4. The van der Waals surface area contributed by atoms with Crippen LogP contribution in [0.2, 0.25) is 0 Å². The lowest BCUT2D eigenvalue weighted by Gasteiger charge is -2.44. The van der Waals surface area contributed by atoms with Crippen LogP contribution in [0.5, 0.6) is 0 Å². The van der Waals surface area contributed by atoms with Gasteiger partial charge in [0, 0.05) is 33.1 Å². The summed E-state index contributed by atoms with van der Waals surface area (Å²) in [5.41, 5.74) is 5.63. The standard InChI is InChI=1S/C40H28NOP/c42-43(34-21-13-16-30(26-34)37-27-29-14-7-8-15-31(29)28-41-37)38-24-11-9-22-35(38)40(32-17-3-1-4-18-32,33-19-5-2-6-20-33)36-23-10-12-25-39(36)43/h1-28H. The fraction of sp³-hybridized carbons (Fsp3) is 0.0250. The molecule has 0 saturated heterocycles. The molecule has 0 radical (unpaired) electrons. The highest BCUT2D eigenvalue weighted by Crippen LogP contribution is 2.56. The highest BCUT2D eigenvalue weighted by atomic mass is 31.2. The first-order valence-electron chi connectivity index (χ1n) is 14.6. The second-order valence-electron chi connectivity index (χ2n) is 11.1. The number of pyridine rings is 1. The Bertz CT molecular complexity index is 2080. The number of hydrogen-bond donors (Lipinski definition) is 0.